The Kier molecular flexibility index (Phi) is 4.34. The molecule has 5 nitrogen and oxygen atoms in total. The average molecular weight is 294 g/mol. The molecule has 2 N–H and O–H groups in total. The summed E-state index contributed by atoms with van der Waals surface area (Å²) >= 11 is 0. The highest BCUT2D eigenvalue weighted by atomic mass is 16.3. The first-order chi connectivity index (χ1) is 10.8. The number of aromatic nitrogens is 2. The topological polar surface area (TPSA) is 63.0 Å². The summed E-state index contributed by atoms with van der Waals surface area (Å²) in [6.07, 6.45) is 1.66. The third-order valence-corrected chi connectivity index (χ3v) is 3.15. The maximum Gasteiger partial charge on any atom is 0.225 e. The molecule has 1 aromatic carbocycles. The lowest BCUT2D eigenvalue weighted by Gasteiger charge is -2.10. The quantitative estimate of drug-likeness (QED) is 0.724. The van der Waals surface area contributed by atoms with Crippen LogP contribution in [0.5, 0.6) is 0 Å². The maximum absolute atomic E-state index is 5.33. The fraction of sp³-hybridized carbons (Fsp3) is 0.176. The van der Waals surface area contributed by atoms with Gasteiger partial charge in [-0.2, -0.15) is 4.98 Å². The zero-order valence-electron chi connectivity index (χ0n) is 12.4. The summed E-state index contributed by atoms with van der Waals surface area (Å²) in [7, 11) is 0. The smallest absolute Gasteiger partial charge is 0.225 e. The number of hydrogen-bond donors (Lipinski definition) is 2. The lowest BCUT2D eigenvalue weighted by molar-refractivity contribution is 0.518. The van der Waals surface area contributed by atoms with Crippen LogP contribution in [0.1, 0.15) is 12.7 Å². The van der Waals surface area contributed by atoms with E-state index in [9.17, 15) is 0 Å². The van der Waals surface area contributed by atoms with Crippen LogP contribution in [0.25, 0.3) is 11.3 Å². The number of anilines is 2. The Labute approximate surface area is 129 Å². The molecule has 0 aliphatic carbocycles. The van der Waals surface area contributed by atoms with E-state index in [4.69, 9.17) is 4.42 Å². The third-order valence-electron chi connectivity index (χ3n) is 3.15. The van der Waals surface area contributed by atoms with E-state index in [0.717, 1.165) is 29.4 Å². The van der Waals surface area contributed by atoms with Crippen molar-refractivity contribution in [1.29, 1.82) is 0 Å². The highest BCUT2D eigenvalue weighted by molar-refractivity contribution is 5.64. The summed E-state index contributed by atoms with van der Waals surface area (Å²) in [5, 5.41) is 6.44. The standard InChI is InChI=1S/C17H18N4O/c1-2-18-17-20-15(13-7-4-3-5-8-13)11-16(21-17)19-12-14-9-6-10-22-14/h3-11H,2,12H2,1H3,(H2,18,19,20,21). The van der Waals surface area contributed by atoms with Crippen LogP contribution in [0.2, 0.25) is 0 Å². The number of nitrogens with zero attached hydrogens (tertiary/aromatic N) is 2. The molecule has 0 saturated heterocycles. The largest absolute Gasteiger partial charge is 0.467 e. The summed E-state index contributed by atoms with van der Waals surface area (Å²) in [4.78, 5) is 9.03. The Bertz CT molecular complexity index is 711. The predicted molar refractivity (Wildman–Crippen MR) is 87.7 cm³/mol. The van der Waals surface area contributed by atoms with Crippen molar-refractivity contribution in [1.82, 2.24) is 9.97 Å². The number of hydrogen-bond acceptors (Lipinski definition) is 5. The van der Waals surface area contributed by atoms with E-state index in [1.165, 1.54) is 0 Å². The van der Waals surface area contributed by atoms with Crippen LogP contribution in [-0.2, 0) is 6.54 Å². The maximum atomic E-state index is 5.33. The van der Waals surface area contributed by atoms with Crippen LogP contribution >= 0.6 is 0 Å². The van der Waals surface area contributed by atoms with Crippen molar-refractivity contribution in [2.24, 2.45) is 0 Å². The Morgan fingerprint density at radius 3 is 2.59 bits per heavy atom. The molecule has 0 aliphatic rings. The minimum atomic E-state index is 0.587. The Hall–Kier alpha value is -2.82. The first-order valence-corrected chi connectivity index (χ1v) is 7.30. The minimum Gasteiger partial charge on any atom is -0.467 e. The van der Waals surface area contributed by atoms with E-state index >= 15 is 0 Å². The molecule has 0 bridgehead atoms. The van der Waals surface area contributed by atoms with Crippen molar-refractivity contribution < 1.29 is 4.42 Å². The van der Waals surface area contributed by atoms with Gasteiger partial charge in [0.15, 0.2) is 0 Å². The van der Waals surface area contributed by atoms with Crippen LogP contribution in [0.4, 0.5) is 11.8 Å². The van der Waals surface area contributed by atoms with Gasteiger partial charge in [-0.05, 0) is 19.1 Å². The van der Waals surface area contributed by atoms with Gasteiger partial charge in [0.05, 0.1) is 18.5 Å². The van der Waals surface area contributed by atoms with E-state index in [-0.39, 0.29) is 0 Å². The van der Waals surface area contributed by atoms with Gasteiger partial charge in [0.1, 0.15) is 11.6 Å². The molecule has 0 atom stereocenters. The molecular weight excluding hydrogens is 276 g/mol. The molecule has 5 heteroatoms. The monoisotopic (exact) mass is 294 g/mol. The number of rotatable bonds is 6. The van der Waals surface area contributed by atoms with Gasteiger partial charge in [0.2, 0.25) is 5.95 Å². The molecule has 0 radical (unpaired) electrons. The van der Waals surface area contributed by atoms with Gasteiger partial charge in [0, 0.05) is 18.2 Å². The van der Waals surface area contributed by atoms with Crippen molar-refractivity contribution in [2.45, 2.75) is 13.5 Å². The molecule has 3 rings (SSSR count). The van der Waals surface area contributed by atoms with Crippen molar-refractivity contribution in [3.05, 3.63) is 60.6 Å². The number of nitrogens with one attached hydrogen (secondary N) is 2. The Morgan fingerprint density at radius 1 is 1.00 bits per heavy atom. The molecule has 112 valence electrons. The van der Waals surface area contributed by atoms with Crippen molar-refractivity contribution in [3.63, 3.8) is 0 Å². The van der Waals surface area contributed by atoms with Crippen LogP contribution in [0.15, 0.2) is 59.2 Å². The SMILES string of the molecule is CCNc1nc(NCc2ccco2)cc(-c2ccccc2)n1. The molecule has 0 amide bonds. The number of benzene rings is 1. The second-order valence-electron chi connectivity index (χ2n) is 4.79. The van der Waals surface area contributed by atoms with Crippen molar-refractivity contribution in [3.8, 4) is 11.3 Å². The molecule has 0 saturated carbocycles. The lowest BCUT2D eigenvalue weighted by Crippen LogP contribution is -2.07. The molecule has 0 unspecified atom stereocenters. The summed E-state index contributed by atoms with van der Waals surface area (Å²) in [6.45, 7) is 3.38. The summed E-state index contributed by atoms with van der Waals surface area (Å²) in [5.74, 6) is 2.25. The van der Waals surface area contributed by atoms with Gasteiger partial charge in [0.25, 0.3) is 0 Å². The van der Waals surface area contributed by atoms with Gasteiger partial charge >= 0.3 is 0 Å². The molecule has 0 spiro atoms. The van der Waals surface area contributed by atoms with E-state index < -0.39 is 0 Å². The molecular formula is C17H18N4O. The van der Waals surface area contributed by atoms with Crippen LogP contribution < -0.4 is 10.6 Å². The van der Waals surface area contributed by atoms with Gasteiger partial charge < -0.3 is 15.1 Å². The van der Waals surface area contributed by atoms with E-state index in [2.05, 4.69) is 20.6 Å². The fourth-order valence-electron chi connectivity index (χ4n) is 2.12. The summed E-state index contributed by atoms with van der Waals surface area (Å²) in [6, 6.07) is 15.8. The molecule has 2 heterocycles. The second-order valence-corrected chi connectivity index (χ2v) is 4.79. The first kappa shape index (κ1) is 14.1. The first-order valence-electron chi connectivity index (χ1n) is 7.30. The van der Waals surface area contributed by atoms with Gasteiger partial charge in [-0.3, -0.25) is 0 Å². The number of furan rings is 1. The van der Waals surface area contributed by atoms with E-state index in [1.54, 1.807) is 6.26 Å². The van der Waals surface area contributed by atoms with Crippen molar-refractivity contribution >= 4 is 11.8 Å². The van der Waals surface area contributed by atoms with E-state index in [0.29, 0.717) is 12.5 Å². The fourth-order valence-corrected chi connectivity index (χ4v) is 2.12. The predicted octanol–water partition coefficient (Wildman–Crippen LogP) is 3.78. The molecule has 3 aromatic rings. The zero-order chi connectivity index (χ0) is 15.2. The summed E-state index contributed by atoms with van der Waals surface area (Å²) in [5.41, 5.74) is 1.94. The van der Waals surface area contributed by atoms with Crippen molar-refractivity contribution in [2.75, 3.05) is 17.2 Å². The highest BCUT2D eigenvalue weighted by Gasteiger charge is 2.06. The average Bonchev–Trinajstić information content (AvgIpc) is 3.07. The van der Waals surface area contributed by atoms with Gasteiger partial charge in [-0.25, -0.2) is 4.98 Å². The third kappa shape index (κ3) is 3.44. The van der Waals surface area contributed by atoms with E-state index in [1.807, 2.05) is 55.5 Å². The Balaban J connectivity index is 1.86. The molecule has 0 fully saturated rings. The normalized spacial score (nSPS) is 10.4. The van der Waals surface area contributed by atoms with Crippen LogP contribution in [0.3, 0.4) is 0 Å². The molecule has 0 aliphatic heterocycles. The minimum absolute atomic E-state index is 0.587. The van der Waals surface area contributed by atoms with Gasteiger partial charge in [-0.1, -0.05) is 30.3 Å². The highest BCUT2D eigenvalue weighted by Crippen LogP contribution is 2.21. The second kappa shape index (κ2) is 6.76. The molecule has 2 aromatic heterocycles. The lowest BCUT2D eigenvalue weighted by atomic mass is 10.1. The van der Waals surface area contributed by atoms with Crippen LogP contribution in [0, 0.1) is 0 Å². The van der Waals surface area contributed by atoms with Gasteiger partial charge in [-0.15, -0.1) is 0 Å². The Morgan fingerprint density at radius 2 is 1.86 bits per heavy atom. The summed E-state index contributed by atoms with van der Waals surface area (Å²) < 4.78 is 5.33. The molecule has 22 heavy (non-hydrogen) atoms. The zero-order valence-corrected chi connectivity index (χ0v) is 12.4. The van der Waals surface area contributed by atoms with Crippen LogP contribution in [-0.4, -0.2) is 16.5 Å².